The monoisotopic (exact) mass is 581 g/mol. The number of nitrogens with zero attached hydrogens (tertiary/aromatic N) is 2. The summed E-state index contributed by atoms with van der Waals surface area (Å²) in [4.78, 5) is 28.8. The molecule has 3 aromatic rings. The number of aryl methyl sites for hydroxylation is 1. The van der Waals surface area contributed by atoms with Gasteiger partial charge in [0.25, 0.3) is 10.0 Å². The first-order chi connectivity index (χ1) is 19.1. The minimum absolute atomic E-state index is 0.0155. The Kier molecular flexibility index (Phi) is 9.87. The standard InChI is InChI=1S/C31H36ClN3O4S/c1-23-13-15-25(16-14-23)21-34(24(2)31(37)33-27-9-5-3-6-10-27)30(36)22-35(28-11-7-4-8-12-28)40(38,39)29-19-17-26(32)18-20-29/h4,7-8,11-20,24,27H,3,5-6,9-10,21-22H2,1-2H3,(H,33,37)/t24-/m0/s1. The Morgan fingerprint density at radius 3 is 2.17 bits per heavy atom. The van der Waals surface area contributed by atoms with Crippen LogP contribution in [-0.4, -0.2) is 43.8 Å². The summed E-state index contributed by atoms with van der Waals surface area (Å²) >= 11 is 6.00. The molecule has 40 heavy (non-hydrogen) atoms. The molecular weight excluding hydrogens is 546 g/mol. The predicted octanol–water partition coefficient (Wildman–Crippen LogP) is 5.71. The van der Waals surface area contributed by atoms with Gasteiger partial charge >= 0.3 is 0 Å². The molecule has 0 aromatic heterocycles. The summed E-state index contributed by atoms with van der Waals surface area (Å²) in [6.45, 7) is 3.38. The fraction of sp³-hybridized carbons (Fsp3) is 0.355. The number of sulfonamides is 1. The number of benzene rings is 3. The zero-order chi connectivity index (χ0) is 28.7. The van der Waals surface area contributed by atoms with Crippen LogP contribution in [0.15, 0.2) is 83.8 Å². The summed E-state index contributed by atoms with van der Waals surface area (Å²) < 4.78 is 28.7. The van der Waals surface area contributed by atoms with Crippen molar-refractivity contribution in [1.82, 2.24) is 10.2 Å². The van der Waals surface area contributed by atoms with Gasteiger partial charge < -0.3 is 10.2 Å². The van der Waals surface area contributed by atoms with Crippen LogP contribution in [0.2, 0.25) is 5.02 Å². The molecule has 1 N–H and O–H groups in total. The maximum absolute atomic E-state index is 14.0. The van der Waals surface area contributed by atoms with E-state index >= 15 is 0 Å². The highest BCUT2D eigenvalue weighted by Gasteiger charge is 2.33. The minimum Gasteiger partial charge on any atom is -0.352 e. The lowest BCUT2D eigenvalue weighted by atomic mass is 9.95. The molecule has 9 heteroatoms. The van der Waals surface area contributed by atoms with E-state index in [0.717, 1.165) is 47.5 Å². The van der Waals surface area contributed by atoms with Crippen LogP contribution in [0.5, 0.6) is 0 Å². The zero-order valence-corrected chi connectivity index (χ0v) is 24.5. The van der Waals surface area contributed by atoms with E-state index in [1.54, 1.807) is 37.3 Å². The molecule has 0 unspecified atom stereocenters. The fourth-order valence-electron chi connectivity index (χ4n) is 4.90. The Morgan fingerprint density at radius 1 is 0.925 bits per heavy atom. The number of hydrogen-bond acceptors (Lipinski definition) is 4. The molecule has 1 fully saturated rings. The highest BCUT2D eigenvalue weighted by molar-refractivity contribution is 7.92. The highest BCUT2D eigenvalue weighted by atomic mass is 35.5. The molecule has 1 saturated carbocycles. The van der Waals surface area contributed by atoms with E-state index in [1.807, 2.05) is 31.2 Å². The molecule has 0 aliphatic heterocycles. The van der Waals surface area contributed by atoms with Crippen molar-refractivity contribution in [3.8, 4) is 0 Å². The van der Waals surface area contributed by atoms with Gasteiger partial charge in [-0.05, 0) is 68.7 Å². The number of halogens is 1. The lowest BCUT2D eigenvalue weighted by Crippen LogP contribution is -2.53. The van der Waals surface area contributed by atoms with Crippen molar-refractivity contribution in [3.05, 3.63) is 95.0 Å². The second-order valence-electron chi connectivity index (χ2n) is 10.3. The van der Waals surface area contributed by atoms with Gasteiger partial charge in [-0.2, -0.15) is 0 Å². The van der Waals surface area contributed by atoms with Crippen LogP contribution in [0.25, 0.3) is 0 Å². The SMILES string of the molecule is Cc1ccc(CN(C(=O)CN(c2ccccc2)S(=O)(=O)c2ccc(Cl)cc2)[C@@H](C)C(=O)NC2CCCCC2)cc1. The van der Waals surface area contributed by atoms with Crippen LogP contribution < -0.4 is 9.62 Å². The molecule has 1 atom stereocenters. The number of para-hydroxylation sites is 1. The predicted molar refractivity (Wildman–Crippen MR) is 159 cm³/mol. The highest BCUT2D eigenvalue weighted by Crippen LogP contribution is 2.25. The molecule has 7 nitrogen and oxygen atoms in total. The van der Waals surface area contributed by atoms with Crippen molar-refractivity contribution >= 4 is 39.1 Å². The van der Waals surface area contributed by atoms with Gasteiger partial charge in [0.05, 0.1) is 10.6 Å². The summed E-state index contributed by atoms with van der Waals surface area (Å²) in [5.41, 5.74) is 2.28. The van der Waals surface area contributed by atoms with Crippen molar-refractivity contribution in [2.75, 3.05) is 10.8 Å². The molecule has 1 aliphatic rings. The maximum Gasteiger partial charge on any atom is 0.264 e. The summed E-state index contributed by atoms with van der Waals surface area (Å²) in [6, 6.07) is 21.4. The average molecular weight is 582 g/mol. The van der Waals surface area contributed by atoms with E-state index < -0.39 is 28.5 Å². The smallest absolute Gasteiger partial charge is 0.264 e. The first-order valence-corrected chi connectivity index (χ1v) is 15.5. The van der Waals surface area contributed by atoms with Crippen molar-refractivity contribution in [3.63, 3.8) is 0 Å². The van der Waals surface area contributed by atoms with Crippen molar-refractivity contribution < 1.29 is 18.0 Å². The van der Waals surface area contributed by atoms with Gasteiger partial charge in [-0.1, -0.05) is 78.9 Å². The van der Waals surface area contributed by atoms with Gasteiger partial charge in [-0.3, -0.25) is 13.9 Å². The topological polar surface area (TPSA) is 86.8 Å². The molecule has 3 aromatic carbocycles. The zero-order valence-electron chi connectivity index (χ0n) is 22.9. The average Bonchev–Trinajstić information content (AvgIpc) is 2.96. The Balaban J connectivity index is 1.65. The maximum atomic E-state index is 14.0. The Labute approximate surface area is 242 Å². The lowest BCUT2D eigenvalue weighted by Gasteiger charge is -2.33. The van der Waals surface area contributed by atoms with E-state index in [1.165, 1.54) is 29.2 Å². The number of carbonyl (C=O) groups is 2. The summed E-state index contributed by atoms with van der Waals surface area (Å²) in [5, 5.41) is 3.52. The lowest BCUT2D eigenvalue weighted by molar-refractivity contribution is -0.139. The number of amides is 2. The third-order valence-corrected chi connectivity index (χ3v) is 9.36. The normalized spacial score (nSPS) is 14.8. The van der Waals surface area contributed by atoms with Crippen LogP contribution in [0, 0.1) is 6.92 Å². The van der Waals surface area contributed by atoms with E-state index in [-0.39, 0.29) is 23.4 Å². The van der Waals surface area contributed by atoms with Gasteiger partial charge in [-0.15, -0.1) is 0 Å². The fourth-order valence-corrected chi connectivity index (χ4v) is 6.44. The molecule has 0 radical (unpaired) electrons. The third-order valence-electron chi connectivity index (χ3n) is 7.32. The number of rotatable bonds is 10. The molecule has 0 saturated heterocycles. The van der Waals surface area contributed by atoms with Crippen LogP contribution in [0.4, 0.5) is 5.69 Å². The number of nitrogens with one attached hydrogen (secondary N) is 1. The summed E-state index contributed by atoms with van der Waals surface area (Å²) in [5.74, 6) is -0.715. The first kappa shape index (κ1) is 29.6. The number of anilines is 1. The van der Waals surface area contributed by atoms with Gasteiger partial charge in [0, 0.05) is 17.6 Å². The van der Waals surface area contributed by atoms with Crippen LogP contribution in [0.3, 0.4) is 0 Å². The largest absolute Gasteiger partial charge is 0.352 e. The van der Waals surface area contributed by atoms with Crippen LogP contribution in [0.1, 0.15) is 50.2 Å². The number of hydrogen-bond donors (Lipinski definition) is 1. The summed E-state index contributed by atoms with van der Waals surface area (Å²) in [6.07, 6.45) is 5.15. The van der Waals surface area contributed by atoms with Gasteiger partial charge in [-0.25, -0.2) is 8.42 Å². The molecule has 212 valence electrons. The Hall–Kier alpha value is -3.36. The Bertz CT molecular complexity index is 1390. The van der Waals surface area contributed by atoms with Crippen LogP contribution >= 0.6 is 11.6 Å². The van der Waals surface area contributed by atoms with Crippen LogP contribution in [-0.2, 0) is 26.2 Å². The molecule has 1 aliphatic carbocycles. The molecular formula is C31H36ClN3O4S. The second-order valence-corrected chi connectivity index (χ2v) is 12.6. The molecule has 0 heterocycles. The van der Waals surface area contributed by atoms with E-state index in [9.17, 15) is 18.0 Å². The third kappa shape index (κ3) is 7.43. The summed E-state index contributed by atoms with van der Waals surface area (Å²) in [7, 11) is -4.12. The van der Waals surface area contributed by atoms with Gasteiger partial charge in [0.2, 0.25) is 11.8 Å². The van der Waals surface area contributed by atoms with Gasteiger partial charge in [0.15, 0.2) is 0 Å². The molecule has 0 bridgehead atoms. The first-order valence-electron chi connectivity index (χ1n) is 13.6. The van der Waals surface area contributed by atoms with Gasteiger partial charge in [0.1, 0.15) is 12.6 Å². The Morgan fingerprint density at radius 2 is 1.55 bits per heavy atom. The van der Waals surface area contributed by atoms with Crippen molar-refractivity contribution in [1.29, 1.82) is 0 Å². The minimum atomic E-state index is -4.12. The van der Waals surface area contributed by atoms with E-state index in [2.05, 4.69) is 5.32 Å². The molecule has 4 rings (SSSR count). The second kappa shape index (κ2) is 13.3. The van der Waals surface area contributed by atoms with Crippen molar-refractivity contribution in [2.45, 2.75) is 69.5 Å². The number of carbonyl (C=O) groups excluding carboxylic acids is 2. The van der Waals surface area contributed by atoms with E-state index in [0.29, 0.717) is 10.7 Å². The van der Waals surface area contributed by atoms with E-state index in [4.69, 9.17) is 11.6 Å². The quantitative estimate of drug-likeness (QED) is 0.332. The molecule has 2 amide bonds. The van der Waals surface area contributed by atoms with Crippen molar-refractivity contribution in [2.24, 2.45) is 0 Å². The molecule has 0 spiro atoms.